The molecule has 4 nitrogen and oxygen atoms in total. The minimum Gasteiger partial charge on any atom is -0.518 e. The Morgan fingerprint density at radius 1 is 1.03 bits per heavy atom. The maximum Gasteiger partial charge on any atom is 2.00 e. The van der Waals surface area contributed by atoms with E-state index in [1.807, 2.05) is 24.9 Å². The van der Waals surface area contributed by atoms with Gasteiger partial charge in [-0.2, -0.15) is 37.0 Å². The average molecular weight is 618 g/mol. The van der Waals surface area contributed by atoms with Crippen molar-refractivity contribution in [2.24, 2.45) is 0 Å². The predicted octanol–water partition coefficient (Wildman–Crippen LogP) is 6.05. The molecule has 0 bridgehead atoms. The van der Waals surface area contributed by atoms with Crippen molar-refractivity contribution < 1.29 is 21.1 Å². The molecule has 2 aromatic rings. The molecule has 0 aromatic heterocycles. The van der Waals surface area contributed by atoms with E-state index in [0.717, 1.165) is 18.5 Å². The van der Waals surface area contributed by atoms with E-state index in [4.69, 9.17) is 0 Å². The van der Waals surface area contributed by atoms with Crippen LogP contribution in [0.5, 0.6) is 0 Å². The molecule has 5 heteroatoms. The molecule has 33 heavy (non-hydrogen) atoms. The molecule has 6 rings (SSSR count). The Morgan fingerprint density at radius 3 is 2.76 bits per heavy atom. The van der Waals surface area contributed by atoms with Gasteiger partial charge in [0.25, 0.3) is 0 Å². The van der Waals surface area contributed by atoms with Crippen molar-refractivity contribution in [3.05, 3.63) is 115 Å². The maximum atomic E-state index is 3.31. The molecule has 4 aliphatic heterocycles. The first kappa shape index (κ1) is 23.4. The van der Waals surface area contributed by atoms with Gasteiger partial charge in [0.2, 0.25) is 0 Å². The van der Waals surface area contributed by atoms with Gasteiger partial charge >= 0.3 is 21.1 Å². The second-order valence-corrected chi connectivity index (χ2v) is 8.42. The van der Waals surface area contributed by atoms with E-state index in [2.05, 4.69) is 100 Å². The number of nitrogens with zero attached hydrogens (tertiary/aromatic N) is 3. The van der Waals surface area contributed by atoms with Gasteiger partial charge in [0.05, 0.1) is 5.70 Å². The summed E-state index contributed by atoms with van der Waals surface area (Å²) in [5.41, 5.74) is 6.48. The smallest absolute Gasteiger partial charge is 0.518 e. The van der Waals surface area contributed by atoms with Gasteiger partial charge in [-0.15, -0.1) is 5.69 Å². The van der Waals surface area contributed by atoms with E-state index in [1.165, 1.54) is 41.9 Å². The van der Waals surface area contributed by atoms with Crippen molar-refractivity contribution in [2.75, 3.05) is 9.80 Å². The van der Waals surface area contributed by atoms with Crippen LogP contribution in [0.2, 0.25) is 0 Å². The molecule has 0 fully saturated rings. The normalized spacial score (nSPS) is 18.9. The standard InChI is InChI=1S/C14H12N2.C14H18N2.Pt/c1-2-7-13-11(5-1)9-14-15-8-4-3-6-12(15)10-16(13)14;1-2-3-5-8-13-11-16(12-15-13)14-9-6-4-7-10-14;/h1-8,10,14H,9H2;4,6-7,9,11-12,15H,2-3,5,8H2,1H3;/q;-2;+2. The minimum atomic E-state index is 0. The summed E-state index contributed by atoms with van der Waals surface area (Å²) in [5, 5.41) is 3.31. The second-order valence-electron chi connectivity index (χ2n) is 8.42. The van der Waals surface area contributed by atoms with E-state index in [-0.39, 0.29) is 21.1 Å². The molecular weight excluding hydrogens is 587 g/mol. The molecule has 1 unspecified atom stereocenters. The fourth-order valence-corrected chi connectivity index (χ4v) is 4.55. The van der Waals surface area contributed by atoms with Crippen molar-refractivity contribution in [1.29, 1.82) is 0 Å². The molecule has 4 aliphatic rings. The van der Waals surface area contributed by atoms with Crippen molar-refractivity contribution in [2.45, 2.75) is 45.2 Å². The molecule has 0 amide bonds. The van der Waals surface area contributed by atoms with E-state index >= 15 is 0 Å². The Labute approximate surface area is 212 Å². The zero-order valence-electron chi connectivity index (χ0n) is 18.9. The van der Waals surface area contributed by atoms with Crippen molar-refractivity contribution >= 4 is 11.4 Å². The zero-order chi connectivity index (χ0) is 21.8. The molecular formula is C28H30N4Pt. The van der Waals surface area contributed by atoms with Crippen molar-refractivity contribution in [3.8, 4) is 0 Å². The first-order valence-electron chi connectivity index (χ1n) is 11.6. The quantitative estimate of drug-likeness (QED) is 0.326. The monoisotopic (exact) mass is 617 g/mol. The molecule has 0 aliphatic carbocycles. The van der Waals surface area contributed by atoms with E-state index in [9.17, 15) is 0 Å². The Bertz CT molecular complexity index is 1060. The fraction of sp³-hybridized carbons (Fsp3) is 0.250. The van der Waals surface area contributed by atoms with E-state index in [1.54, 1.807) is 0 Å². The Morgan fingerprint density at radius 2 is 1.91 bits per heavy atom. The number of unbranched alkanes of at least 4 members (excludes halogenated alkanes) is 2. The number of hydrogen-bond acceptors (Lipinski definition) is 4. The molecule has 0 spiro atoms. The van der Waals surface area contributed by atoms with Crippen LogP contribution >= 0.6 is 0 Å². The van der Waals surface area contributed by atoms with Crippen LogP contribution in [-0.4, -0.2) is 11.1 Å². The fourth-order valence-electron chi connectivity index (χ4n) is 4.55. The van der Waals surface area contributed by atoms with Crippen LogP contribution in [0.15, 0.2) is 96.8 Å². The Balaban J connectivity index is 0.000000152. The van der Waals surface area contributed by atoms with Gasteiger partial charge in [-0.05, 0) is 48.5 Å². The Hall–Kier alpha value is -2.71. The van der Waals surface area contributed by atoms with Crippen LogP contribution in [0.3, 0.4) is 0 Å². The number of hydrogen-bond donors (Lipinski definition) is 1. The summed E-state index contributed by atoms with van der Waals surface area (Å²) < 4.78 is 0. The summed E-state index contributed by atoms with van der Waals surface area (Å²) in [7, 11) is 0. The van der Waals surface area contributed by atoms with Crippen LogP contribution in [0.25, 0.3) is 0 Å². The molecule has 0 radical (unpaired) electrons. The molecule has 0 saturated carbocycles. The number of para-hydroxylation sites is 2. The summed E-state index contributed by atoms with van der Waals surface area (Å²) in [5.74, 6) is 0. The third-order valence-electron chi connectivity index (χ3n) is 6.21. The first-order chi connectivity index (χ1) is 15.8. The molecule has 172 valence electrons. The Kier molecular flexibility index (Phi) is 7.77. The molecule has 1 atom stereocenters. The van der Waals surface area contributed by atoms with Crippen molar-refractivity contribution in [3.63, 3.8) is 0 Å². The van der Waals surface area contributed by atoms with Crippen LogP contribution in [-0.2, 0) is 27.5 Å². The molecule has 1 N–H and O–H groups in total. The van der Waals surface area contributed by atoms with Crippen LogP contribution in [0.4, 0.5) is 11.4 Å². The molecule has 0 saturated heterocycles. The van der Waals surface area contributed by atoms with Gasteiger partial charge < -0.3 is 20.0 Å². The summed E-state index contributed by atoms with van der Waals surface area (Å²) in [6.07, 6.45) is 19.5. The van der Waals surface area contributed by atoms with Gasteiger partial charge in [-0.3, -0.25) is 0 Å². The largest absolute Gasteiger partial charge is 2.00 e. The van der Waals surface area contributed by atoms with Crippen molar-refractivity contribution in [1.82, 2.24) is 10.2 Å². The number of anilines is 2. The topological polar surface area (TPSA) is 21.8 Å². The average Bonchev–Trinajstić information content (AvgIpc) is 3.55. The third kappa shape index (κ3) is 5.12. The summed E-state index contributed by atoms with van der Waals surface area (Å²) in [6.45, 7) is 4.22. The zero-order valence-corrected chi connectivity index (χ0v) is 21.2. The summed E-state index contributed by atoms with van der Waals surface area (Å²) in [6, 6.07) is 19.9. The predicted molar refractivity (Wildman–Crippen MR) is 132 cm³/mol. The number of benzene rings is 2. The second kappa shape index (κ2) is 10.9. The maximum absolute atomic E-state index is 3.31. The summed E-state index contributed by atoms with van der Waals surface area (Å²) in [4.78, 5) is 6.81. The first-order valence-corrected chi connectivity index (χ1v) is 11.6. The number of allylic oxidation sites excluding steroid dienone is 4. The third-order valence-corrected chi connectivity index (χ3v) is 6.21. The number of rotatable bonds is 5. The van der Waals surface area contributed by atoms with Gasteiger partial charge in [-0.25, -0.2) is 0 Å². The number of fused-ring (bicyclic) bond motifs is 5. The SMILES string of the molecule is C1=CC2=CN3c4ccccc4CC3N2C=C1.CCCCCC1=CN(c2[c-]cccc2)[CH-]N1.[Pt+2]. The van der Waals surface area contributed by atoms with Crippen LogP contribution < -0.4 is 15.1 Å². The van der Waals surface area contributed by atoms with Gasteiger partial charge in [0.1, 0.15) is 6.17 Å². The van der Waals surface area contributed by atoms with Gasteiger partial charge in [0.15, 0.2) is 0 Å². The van der Waals surface area contributed by atoms with Crippen LogP contribution in [0.1, 0.15) is 38.2 Å². The van der Waals surface area contributed by atoms with Gasteiger partial charge in [0, 0.05) is 24.5 Å². The van der Waals surface area contributed by atoms with Gasteiger partial charge in [-0.1, -0.05) is 44.0 Å². The van der Waals surface area contributed by atoms with E-state index < -0.39 is 0 Å². The van der Waals surface area contributed by atoms with Crippen LogP contribution in [0, 0.1) is 12.7 Å². The minimum absolute atomic E-state index is 0. The van der Waals surface area contributed by atoms with E-state index in [0.29, 0.717) is 6.17 Å². The molecule has 4 heterocycles. The molecule has 2 aromatic carbocycles. The summed E-state index contributed by atoms with van der Waals surface area (Å²) >= 11 is 0. The number of nitrogens with one attached hydrogen (secondary N) is 1.